The predicted octanol–water partition coefficient (Wildman–Crippen LogP) is 1.94. The van der Waals surface area contributed by atoms with E-state index in [2.05, 4.69) is 19.9 Å². The molecule has 8 heteroatoms. The molecule has 6 nitrogen and oxygen atoms in total. The van der Waals surface area contributed by atoms with Crippen LogP contribution in [-0.4, -0.2) is 43.6 Å². The summed E-state index contributed by atoms with van der Waals surface area (Å²) >= 11 is 7.24. The quantitative estimate of drug-likeness (QED) is 0.854. The molecule has 1 aromatic rings. The number of hydrogen-bond acceptors (Lipinski definition) is 6. The average molecular weight is 332 g/mol. The number of aromatic nitrogens is 1. The maximum atomic E-state index is 11.6. The minimum Gasteiger partial charge on any atom is -0.465 e. The van der Waals surface area contributed by atoms with Crippen molar-refractivity contribution < 1.29 is 14.3 Å². The number of nitrogens with one attached hydrogen (secondary N) is 1. The predicted molar refractivity (Wildman–Crippen MR) is 82.1 cm³/mol. The van der Waals surface area contributed by atoms with Gasteiger partial charge in [-0.2, -0.15) is 0 Å². The van der Waals surface area contributed by atoms with Crippen LogP contribution in [0.25, 0.3) is 0 Å². The first kappa shape index (κ1) is 16.0. The highest BCUT2D eigenvalue weighted by Gasteiger charge is 2.25. The van der Waals surface area contributed by atoms with Gasteiger partial charge in [-0.15, -0.1) is 0 Å². The van der Waals surface area contributed by atoms with E-state index in [1.165, 1.54) is 25.4 Å². The normalized spacial score (nSPS) is 18.4. The smallest absolute Gasteiger partial charge is 0.351 e. The third kappa shape index (κ3) is 4.07. The van der Waals surface area contributed by atoms with Crippen molar-refractivity contribution in [1.82, 2.24) is 10.3 Å². The molecule has 1 atom stereocenters. The van der Waals surface area contributed by atoms with E-state index in [1.54, 1.807) is 0 Å². The summed E-state index contributed by atoms with van der Waals surface area (Å²) in [5.74, 6) is -0.0974. The largest absolute Gasteiger partial charge is 0.465 e. The first-order valence-corrected chi connectivity index (χ1v) is 7.94. The number of nitrogens with zero attached hydrogens (tertiary/aromatic N) is 2. The lowest BCUT2D eigenvalue weighted by Gasteiger charge is -2.32. The van der Waals surface area contributed by atoms with Crippen LogP contribution in [0.1, 0.15) is 29.4 Å². The Morgan fingerprint density at radius 2 is 2.33 bits per heavy atom. The van der Waals surface area contributed by atoms with Crippen LogP contribution in [0.2, 0.25) is 5.15 Å². The van der Waals surface area contributed by atoms with Gasteiger partial charge < -0.3 is 15.0 Å². The number of thiazole rings is 1. The molecule has 116 valence electrons. The molecule has 2 heterocycles. The van der Waals surface area contributed by atoms with Gasteiger partial charge in [-0.1, -0.05) is 22.9 Å². The van der Waals surface area contributed by atoms with Crippen LogP contribution in [-0.2, 0) is 9.53 Å². The van der Waals surface area contributed by atoms with E-state index in [1.807, 2.05) is 0 Å². The summed E-state index contributed by atoms with van der Waals surface area (Å²) in [6.45, 7) is 3.85. The van der Waals surface area contributed by atoms with E-state index in [4.69, 9.17) is 11.6 Å². The molecule has 0 aliphatic carbocycles. The van der Waals surface area contributed by atoms with Gasteiger partial charge >= 0.3 is 5.97 Å². The summed E-state index contributed by atoms with van der Waals surface area (Å²) in [5.41, 5.74) is 0. The van der Waals surface area contributed by atoms with Crippen LogP contribution < -0.4 is 10.2 Å². The Kier molecular flexibility index (Phi) is 5.41. The van der Waals surface area contributed by atoms with Crippen molar-refractivity contribution in [2.75, 3.05) is 31.6 Å². The van der Waals surface area contributed by atoms with Crippen LogP contribution >= 0.6 is 22.9 Å². The number of esters is 1. The van der Waals surface area contributed by atoms with Gasteiger partial charge in [0.05, 0.1) is 7.11 Å². The number of carbonyl (C=O) groups excluding carboxylic acids is 2. The zero-order chi connectivity index (χ0) is 15.4. The zero-order valence-corrected chi connectivity index (χ0v) is 13.6. The molecule has 1 N–H and O–H groups in total. The summed E-state index contributed by atoms with van der Waals surface area (Å²) in [6, 6.07) is 0. The maximum absolute atomic E-state index is 11.6. The standard InChI is InChI=1S/C13H18ClN3O3S/c1-8(18)15-6-9-4-3-5-17(7-9)13-16-11(14)10(21-13)12(19)20-2/h9H,3-7H2,1-2H3,(H,15,18). The van der Waals surface area contributed by atoms with E-state index in [0.29, 0.717) is 17.3 Å². The van der Waals surface area contributed by atoms with Crippen LogP contribution in [0.15, 0.2) is 0 Å². The molecule has 1 aliphatic heterocycles. The number of amides is 1. The van der Waals surface area contributed by atoms with Gasteiger partial charge in [0.2, 0.25) is 5.91 Å². The number of carbonyl (C=O) groups is 2. The van der Waals surface area contributed by atoms with E-state index in [-0.39, 0.29) is 11.1 Å². The first-order chi connectivity index (χ1) is 10.0. The number of hydrogen-bond donors (Lipinski definition) is 1. The van der Waals surface area contributed by atoms with Crippen LogP contribution in [0, 0.1) is 5.92 Å². The molecule has 1 unspecified atom stereocenters. The Bertz CT molecular complexity index is 535. The molecule has 1 saturated heterocycles. The van der Waals surface area contributed by atoms with Crippen LogP contribution in [0.3, 0.4) is 0 Å². The highest BCUT2D eigenvalue weighted by molar-refractivity contribution is 7.18. The fraction of sp³-hybridized carbons (Fsp3) is 0.615. The Balaban J connectivity index is 2.04. The van der Waals surface area contributed by atoms with E-state index < -0.39 is 5.97 Å². The Morgan fingerprint density at radius 1 is 1.57 bits per heavy atom. The molecule has 0 spiro atoms. The van der Waals surface area contributed by atoms with E-state index >= 15 is 0 Å². The summed E-state index contributed by atoms with van der Waals surface area (Å²) in [4.78, 5) is 29.3. The molecule has 1 fully saturated rings. The minimum atomic E-state index is -0.462. The van der Waals surface area contributed by atoms with Gasteiger partial charge in [0, 0.05) is 26.6 Å². The number of halogens is 1. The van der Waals surface area contributed by atoms with E-state index in [9.17, 15) is 9.59 Å². The first-order valence-electron chi connectivity index (χ1n) is 6.75. The van der Waals surface area contributed by atoms with Crippen molar-refractivity contribution in [1.29, 1.82) is 0 Å². The zero-order valence-electron chi connectivity index (χ0n) is 12.0. The SMILES string of the molecule is COC(=O)c1sc(N2CCCC(CNC(C)=O)C2)nc1Cl. The second-order valence-corrected chi connectivity index (χ2v) is 6.33. The molecular weight excluding hydrogens is 314 g/mol. The van der Waals surface area contributed by atoms with Crippen molar-refractivity contribution in [2.45, 2.75) is 19.8 Å². The lowest BCUT2D eigenvalue weighted by Crippen LogP contribution is -2.40. The molecule has 1 aromatic heterocycles. The van der Waals surface area contributed by atoms with Gasteiger partial charge in [0.1, 0.15) is 0 Å². The fourth-order valence-electron chi connectivity index (χ4n) is 2.34. The summed E-state index contributed by atoms with van der Waals surface area (Å²) in [6.07, 6.45) is 2.09. The fourth-order valence-corrected chi connectivity index (χ4v) is 3.57. The monoisotopic (exact) mass is 331 g/mol. The molecule has 0 radical (unpaired) electrons. The van der Waals surface area contributed by atoms with Crippen LogP contribution in [0.5, 0.6) is 0 Å². The molecule has 1 aliphatic rings. The number of piperidine rings is 1. The molecule has 0 saturated carbocycles. The summed E-state index contributed by atoms with van der Waals surface area (Å²) in [7, 11) is 1.32. The molecule has 0 aromatic carbocycles. The van der Waals surface area contributed by atoms with Gasteiger partial charge in [-0.05, 0) is 18.8 Å². The highest BCUT2D eigenvalue weighted by Crippen LogP contribution is 2.32. The van der Waals surface area contributed by atoms with E-state index in [0.717, 1.165) is 31.1 Å². The number of rotatable bonds is 4. The molecular formula is C13H18ClN3O3S. The summed E-state index contributed by atoms with van der Waals surface area (Å²) in [5, 5.41) is 3.76. The number of ether oxygens (including phenoxy) is 1. The van der Waals surface area contributed by atoms with Crippen LogP contribution in [0.4, 0.5) is 5.13 Å². The second kappa shape index (κ2) is 7.09. The minimum absolute atomic E-state index is 0.0163. The Labute approximate surface area is 132 Å². The van der Waals surface area contributed by atoms with Gasteiger partial charge in [-0.3, -0.25) is 4.79 Å². The highest BCUT2D eigenvalue weighted by atomic mass is 35.5. The lowest BCUT2D eigenvalue weighted by atomic mass is 9.98. The van der Waals surface area contributed by atoms with Crippen molar-refractivity contribution in [3.8, 4) is 0 Å². The molecule has 2 rings (SSSR count). The van der Waals surface area contributed by atoms with Crippen molar-refractivity contribution in [3.63, 3.8) is 0 Å². The third-order valence-electron chi connectivity index (χ3n) is 3.37. The number of anilines is 1. The third-order valence-corrected chi connectivity index (χ3v) is 4.86. The Hall–Kier alpha value is -1.34. The molecule has 21 heavy (non-hydrogen) atoms. The lowest BCUT2D eigenvalue weighted by molar-refractivity contribution is -0.119. The number of methoxy groups -OCH3 is 1. The van der Waals surface area contributed by atoms with Gasteiger partial charge in [0.15, 0.2) is 15.2 Å². The molecule has 1 amide bonds. The topological polar surface area (TPSA) is 71.5 Å². The summed E-state index contributed by atoms with van der Waals surface area (Å²) < 4.78 is 4.68. The van der Waals surface area contributed by atoms with Crippen molar-refractivity contribution >= 4 is 39.9 Å². The second-order valence-electron chi connectivity index (χ2n) is 5.00. The van der Waals surface area contributed by atoms with Gasteiger partial charge in [0.25, 0.3) is 0 Å². The van der Waals surface area contributed by atoms with Crippen molar-refractivity contribution in [2.24, 2.45) is 5.92 Å². The maximum Gasteiger partial charge on any atom is 0.351 e. The van der Waals surface area contributed by atoms with Crippen molar-refractivity contribution in [3.05, 3.63) is 10.0 Å². The van der Waals surface area contributed by atoms with Gasteiger partial charge in [-0.25, -0.2) is 9.78 Å². The molecule has 0 bridgehead atoms. The average Bonchev–Trinajstić information content (AvgIpc) is 2.86. The Morgan fingerprint density at radius 3 is 3.00 bits per heavy atom.